The third kappa shape index (κ3) is 21.7. The number of aliphatic hydroxyl groups is 4. The molecule has 1 amide bonds. The first-order chi connectivity index (χ1) is 18.5. The molecule has 38 heavy (non-hydrogen) atoms. The smallest absolute Gasteiger partial charge is 0.249 e. The monoisotopic (exact) mass is 539 g/mol. The second-order valence-electron chi connectivity index (χ2n) is 10.8. The van der Waals surface area contributed by atoms with E-state index < -0.39 is 36.9 Å². The molecule has 4 atom stereocenters. The molecule has 0 aliphatic carbocycles. The number of rotatable bonds is 27. The number of unbranched alkanes of at least 4 members (excludes halogenated alkanes) is 15. The molecule has 6 heteroatoms. The van der Waals surface area contributed by atoms with Crippen molar-refractivity contribution in [2.24, 2.45) is 0 Å². The molecule has 0 heterocycles. The minimum Gasteiger partial charge on any atom is -0.394 e. The molecule has 0 aliphatic heterocycles. The molecule has 0 saturated heterocycles. The summed E-state index contributed by atoms with van der Waals surface area (Å²) in [5.74, 6) is -0.603. The summed E-state index contributed by atoms with van der Waals surface area (Å²) in [6.07, 6.45) is 26.5. The zero-order chi connectivity index (χ0) is 28.3. The van der Waals surface area contributed by atoms with Crippen LogP contribution in [-0.2, 0) is 4.79 Å². The molecule has 0 aromatic rings. The van der Waals surface area contributed by atoms with Gasteiger partial charge in [-0.25, -0.2) is 0 Å². The molecule has 4 unspecified atom stereocenters. The highest BCUT2D eigenvalue weighted by Crippen LogP contribution is 2.14. The van der Waals surface area contributed by atoms with Crippen molar-refractivity contribution in [2.75, 3.05) is 6.61 Å². The van der Waals surface area contributed by atoms with Gasteiger partial charge < -0.3 is 25.7 Å². The van der Waals surface area contributed by atoms with E-state index in [1.54, 1.807) is 0 Å². The van der Waals surface area contributed by atoms with Crippen molar-refractivity contribution >= 4 is 5.91 Å². The Morgan fingerprint density at radius 1 is 0.684 bits per heavy atom. The van der Waals surface area contributed by atoms with E-state index in [4.69, 9.17) is 0 Å². The summed E-state index contributed by atoms with van der Waals surface area (Å²) in [7, 11) is 0. The summed E-state index contributed by atoms with van der Waals surface area (Å²) in [5.41, 5.74) is 0. The van der Waals surface area contributed by atoms with Crippen molar-refractivity contribution in [1.29, 1.82) is 0 Å². The van der Waals surface area contributed by atoms with E-state index in [0.717, 1.165) is 38.5 Å². The Bertz CT molecular complexity index is 580. The first-order valence-electron chi connectivity index (χ1n) is 15.7. The highest BCUT2D eigenvalue weighted by molar-refractivity contribution is 5.80. The molecule has 6 nitrogen and oxygen atoms in total. The van der Waals surface area contributed by atoms with Crippen molar-refractivity contribution in [3.05, 3.63) is 24.3 Å². The Balaban J connectivity index is 3.89. The van der Waals surface area contributed by atoms with Crippen LogP contribution in [-0.4, -0.2) is 57.3 Å². The number of hydrogen-bond donors (Lipinski definition) is 5. The highest BCUT2D eigenvalue weighted by Gasteiger charge is 2.28. The van der Waals surface area contributed by atoms with Crippen LogP contribution < -0.4 is 5.32 Å². The highest BCUT2D eigenvalue weighted by atomic mass is 16.3. The standard InChI is InChI=1S/C32H61NO5/c1-3-5-7-9-11-13-14-15-16-17-18-20-22-24-26-30(36)32(38)33-28(27-34)31(37)29(35)25-23-21-19-12-10-8-6-4-2/h4,6,12,19,28-31,34-37H,3,5,7-11,13-18,20-27H2,1-2H3,(H,33,38)/b6-4+,19-12+. The van der Waals surface area contributed by atoms with E-state index in [1.165, 1.54) is 70.6 Å². The van der Waals surface area contributed by atoms with Crippen LogP contribution in [0.3, 0.4) is 0 Å². The second-order valence-corrected chi connectivity index (χ2v) is 10.8. The maximum absolute atomic E-state index is 12.3. The fraction of sp³-hybridized carbons (Fsp3) is 0.844. The van der Waals surface area contributed by atoms with Crippen LogP contribution in [0.5, 0.6) is 0 Å². The van der Waals surface area contributed by atoms with E-state index in [2.05, 4.69) is 30.5 Å². The molecule has 0 aromatic heterocycles. The maximum atomic E-state index is 12.3. The van der Waals surface area contributed by atoms with Gasteiger partial charge in [-0.2, -0.15) is 0 Å². The van der Waals surface area contributed by atoms with Crippen molar-refractivity contribution in [3.63, 3.8) is 0 Å². The third-order valence-corrected chi connectivity index (χ3v) is 7.24. The lowest BCUT2D eigenvalue weighted by Crippen LogP contribution is -2.53. The molecular weight excluding hydrogens is 478 g/mol. The average molecular weight is 540 g/mol. The van der Waals surface area contributed by atoms with Gasteiger partial charge in [0, 0.05) is 0 Å². The van der Waals surface area contributed by atoms with Gasteiger partial charge in [0.1, 0.15) is 12.2 Å². The summed E-state index contributed by atoms with van der Waals surface area (Å²) >= 11 is 0. The van der Waals surface area contributed by atoms with Crippen molar-refractivity contribution in [2.45, 2.75) is 167 Å². The van der Waals surface area contributed by atoms with E-state index in [1.807, 2.05) is 13.0 Å². The predicted molar refractivity (Wildman–Crippen MR) is 159 cm³/mol. The minimum atomic E-state index is -1.28. The van der Waals surface area contributed by atoms with Gasteiger partial charge in [-0.3, -0.25) is 4.79 Å². The molecule has 0 bridgehead atoms. The van der Waals surface area contributed by atoms with Gasteiger partial charge in [-0.05, 0) is 45.4 Å². The zero-order valence-corrected chi connectivity index (χ0v) is 24.7. The van der Waals surface area contributed by atoms with Crippen LogP contribution >= 0.6 is 0 Å². The molecule has 224 valence electrons. The van der Waals surface area contributed by atoms with E-state index in [9.17, 15) is 25.2 Å². The molecule has 0 rings (SSSR count). The van der Waals surface area contributed by atoms with Gasteiger partial charge in [0.15, 0.2) is 0 Å². The van der Waals surface area contributed by atoms with Crippen LogP contribution in [0.2, 0.25) is 0 Å². The second kappa shape index (κ2) is 27.4. The lowest BCUT2D eigenvalue weighted by molar-refractivity contribution is -0.132. The van der Waals surface area contributed by atoms with Crippen molar-refractivity contribution < 1.29 is 25.2 Å². The zero-order valence-electron chi connectivity index (χ0n) is 24.7. The van der Waals surface area contributed by atoms with Gasteiger partial charge in [0.05, 0.1) is 18.8 Å². The molecule has 0 aliphatic rings. The predicted octanol–water partition coefficient (Wildman–Crippen LogP) is 6.50. The van der Waals surface area contributed by atoms with Gasteiger partial charge in [0.25, 0.3) is 0 Å². The number of carbonyl (C=O) groups excluding carboxylic acids is 1. The summed E-state index contributed by atoms with van der Waals surface area (Å²) in [6, 6.07) is -1.00. The fourth-order valence-corrected chi connectivity index (χ4v) is 4.66. The Kier molecular flexibility index (Phi) is 26.5. The molecule has 0 aromatic carbocycles. The molecule has 0 spiro atoms. The summed E-state index contributed by atoms with van der Waals surface area (Å²) in [5, 5.41) is 43.0. The third-order valence-electron chi connectivity index (χ3n) is 7.24. The SMILES string of the molecule is C/C=C/CC/C=C/CCCC(O)C(O)C(CO)NC(=O)C(O)CCCCCCCCCCCCCCCC. The van der Waals surface area contributed by atoms with E-state index in [-0.39, 0.29) is 0 Å². The first-order valence-corrected chi connectivity index (χ1v) is 15.7. The van der Waals surface area contributed by atoms with Crippen LogP contribution in [0, 0.1) is 0 Å². The number of aliphatic hydroxyl groups excluding tert-OH is 4. The number of nitrogens with one attached hydrogen (secondary N) is 1. The lowest BCUT2D eigenvalue weighted by atomic mass is 10.00. The lowest BCUT2D eigenvalue weighted by Gasteiger charge is -2.27. The Hall–Kier alpha value is -1.21. The molecule has 0 radical (unpaired) electrons. The van der Waals surface area contributed by atoms with Crippen LogP contribution in [0.1, 0.15) is 142 Å². The number of allylic oxidation sites excluding steroid dienone is 4. The average Bonchev–Trinajstić information content (AvgIpc) is 2.92. The van der Waals surface area contributed by atoms with Crippen LogP contribution in [0.4, 0.5) is 0 Å². The van der Waals surface area contributed by atoms with Gasteiger partial charge >= 0.3 is 0 Å². The molecule has 5 N–H and O–H groups in total. The normalized spacial score (nSPS) is 15.2. The summed E-state index contributed by atoms with van der Waals surface area (Å²) in [6.45, 7) is 3.75. The molecule has 0 fully saturated rings. The largest absolute Gasteiger partial charge is 0.394 e. The molecule has 0 saturated carbocycles. The first kappa shape index (κ1) is 36.8. The van der Waals surface area contributed by atoms with E-state index >= 15 is 0 Å². The van der Waals surface area contributed by atoms with Gasteiger partial charge in [-0.1, -0.05) is 121 Å². The topological polar surface area (TPSA) is 110 Å². The number of hydrogen-bond acceptors (Lipinski definition) is 5. The Morgan fingerprint density at radius 3 is 1.71 bits per heavy atom. The van der Waals surface area contributed by atoms with Gasteiger partial charge in [-0.15, -0.1) is 0 Å². The quantitative estimate of drug-likeness (QED) is 0.0604. The van der Waals surface area contributed by atoms with Crippen molar-refractivity contribution in [3.8, 4) is 0 Å². The Labute approximate surface area is 234 Å². The summed E-state index contributed by atoms with van der Waals surface area (Å²) in [4.78, 5) is 12.3. The minimum absolute atomic E-state index is 0.362. The van der Waals surface area contributed by atoms with Crippen molar-refractivity contribution in [1.82, 2.24) is 5.32 Å². The maximum Gasteiger partial charge on any atom is 0.249 e. The molecular formula is C32H61NO5. The van der Waals surface area contributed by atoms with E-state index in [0.29, 0.717) is 19.3 Å². The van der Waals surface area contributed by atoms with Gasteiger partial charge in [0.2, 0.25) is 5.91 Å². The Morgan fingerprint density at radius 2 is 1.18 bits per heavy atom. The fourth-order valence-electron chi connectivity index (χ4n) is 4.66. The number of carbonyl (C=O) groups is 1. The van der Waals surface area contributed by atoms with Crippen LogP contribution in [0.25, 0.3) is 0 Å². The summed E-state index contributed by atoms with van der Waals surface area (Å²) < 4.78 is 0. The van der Waals surface area contributed by atoms with Crippen LogP contribution in [0.15, 0.2) is 24.3 Å². The number of amides is 1.